The molecule has 2 aromatic heterocycles. The Hall–Kier alpha value is -3.47. The molecule has 2 heterocycles. The van der Waals surface area contributed by atoms with Crippen molar-refractivity contribution in [1.82, 2.24) is 9.55 Å². The smallest absolute Gasteiger partial charge is 0.317 e. The third kappa shape index (κ3) is 5.06. The van der Waals surface area contributed by atoms with E-state index in [9.17, 15) is 9.59 Å². The average molecular weight is 485 g/mol. The zero-order chi connectivity index (χ0) is 25.9. The van der Waals surface area contributed by atoms with Crippen LogP contribution in [0.25, 0.3) is 27.4 Å². The number of hydrogen-bond donors (Lipinski definition) is 0. The summed E-state index contributed by atoms with van der Waals surface area (Å²) in [6.45, 7) is 9.64. The molecule has 5 nitrogen and oxygen atoms in total. The minimum atomic E-state index is -0.724. The molecule has 0 aliphatic carbocycles. The summed E-state index contributed by atoms with van der Waals surface area (Å²) >= 11 is 0. The van der Waals surface area contributed by atoms with Gasteiger partial charge in [0.2, 0.25) is 5.88 Å². The number of pyridine rings is 2. The SMILES string of the molecule is CCCCCCCc1c(OC(=O)C(C)(C)C)n(-c2cccc3cccnc23)c(=O)c2c(C)cccc12. The Labute approximate surface area is 213 Å². The van der Waals surface area contributed by atoms with Gasteiger partial charge in [0, 0.05) is 17.1 Å². The third-order valence-electron chi connectivity index (χ3n) is 6.66. The topological polar surface area (TPSA) is 61.2 Å². The van der Waals surface area contributed by atoms with Crippen LogP contribution >= 0.6 is 0 Å². The van der Waals surface area contributed by atoms with E-state index in [1.165, 1.54) is 12.8 Å². The lowest BCUT2D eigenvalue weighted by molar-refractivity contribution is -0.143. The maximum absolute atomic E-state index is 14.2. The lowest BCUT2D eigenvalue weighted by Gasteiger charge is -2.23. The fourth-order valence-corrected chi connectivity index (χ4v) is 4.64. The van der Waals surface area contributed by atoms with Gasteiger partial charge in [-0.2, -0.15) is 0 Å². The molecule has 0 amide bonds. The molecule has 0 N–H and O–H groups in total. The van der Waals surface area contributed by atoms with Gasteiger partial charge in [-0.25, -0.2) is 4.57 Å². The Bertz CT molecular complexity index is 1460. The number of aromatic nitrogens is 2. The summed E-state index contributed by atoms with van der Waals surface area (Å²) in [5, 5.41) is 2.43. The van der Waals surface area contributed by atoms with Crippen molar-refractivity contribution in [3.63, 3.8) is 0 Å². The molecule has 36 heavy (non-hydrogen) atoms. The molecule has 2 aromatic carbocycles. The van der Waals surface area contributed by atoms with Gasteiger partial charge in [-0.15, -0.1) is 0 Å². The van der Waals surface area contributed by atoms with Crippen LogP contribution < -0.4 is 10.3 Å². The molecule has 0 atom stereocenters. The van der Waals surface area contributed by atoms with Gasteiger partial charge in [-0.3, -0.25) is 14.6 Å². The maximum atomic E-state index is 14.2. The summed E-state index contributed by atoms with van der Waals surface area (Å²) in [7, 11) is 0. The number of ether oxygens (including phenoxy) is 1. The van der Waals surface area contributed by atoms with Crippen LogP contribution in [0.2, 0.25) is 0 Å². The number of aryl methyl sites for hydroxylation is 2. The molecule has 0 aliphatic rings. The van der Waals surface area contributed by atoms with E-state index in [2.05, 4.69) is 11.9 Å². The van der Waals surface area contributed by atoms with Crippen molar-refractivity contribution in [1.29, 1.82) is 0 Å². The zero-order valence-corrected chi connectivity index (χ0v) is 22.1. The van der Waals surface area contributed by atoms with Crippen LogP contribution in [0.4, 0.5) is 0 Å². The minimum absolute atomic E-state index is 0.201. The fraction of sp³-hybridized carbons (Fsp3) is 0.387. The van der Waals surface area contributed by atoms with Crippen molar-refractivity contribution < 1.29 is 9.53 Å². The molecule has 0 radical (unpaired) electrons. The molecule has 5 heteroatoms. The second-order valence-corrected chi connectivity index (χ2v) is 10.6. The summed E-state index contributed by atoms with van der Waals surface area (Å²) < 4.78 is 7.73. The molecule has 0 aliphatic heterocycles. The Morgan fingerprint density at radius 1 is 0.972 bits per heavy atom. The van der Waals surface area contributed by atoms with Gasteiger partial charge < -0.3 is 4.74 Å². The first-order valence-electron chi connectivity index (χ1n) is 13.0. The van der Waals surface area contributed by atoms with E-state index < -0.39 is 5.41 Å². The van der Waals surface area contributed by atoms with Crippen LogP contribution in [0, 0.1) is 12.3 Å². The highest BCUT2D eigenvalue weighted by atomic mass is 16.5. The third-order valence-corrected chi connectivity index (χ3v) is 6.66. The molecule has 0 fully saturated rings. The van der Waals surface area contributed by atoms with E-state index in [0.717, 1.165) is 47.6 Å². The van der Waals surface area contributed by atoms with Gasteiger partial charge in [0.15, 0.2) is 0 Å². The number of hydrogen-bond acceptors (Lipinski definition) is 4. The highest BCUT2D eigenvalue weighted by Crippen LogP contribution is 2.34. The summed E-state index contributed by atoms with van der Waals surface area (Å²) in [5.74, 6) is -0.0604. The standard InChI is InChI=1S/C31H36N2O3/c1-6-7-8-9-10-17-24-23-18-11-14-21(2)26(23)28(34)33(29(24)36-30(35)31(3,4)5)25-19-12-15-22-16-13-20-32-27(22)25/h11-16,18-20H,6-10,17H2,1-5H3. The van der Waals surface area contributed by atoms with Crippen LogP contribution in [-0.4, -0.2) is 15.5 Å². The van der Waals surface area contributed by atoms with E-state index in [0.29, 0.717) is 22.5 Å². The molecular formula is C31H36N2O3. The second-order valence-electron chi connectivity index (χ2n) is 10.6. The van der Waals surface area contributed by atoms with E-state index in [1.807, 2.05) is 76.2 Å². The average Bonchev–Trinajstić information content (AvgIpc) is 2.85. The zero-order valence-electron chi connectivity index (χ0n) is 22.1. The summed E-state index contributed by atoms with van der Waals surface area (Å²) in [6, 6.07) is 15.5. The Morgan fingerprint density at radius 2 is 1.69 bits per heavy atom. The fourth-order valence-electron chi connectivity index (χ4n) is 4.64. The van der Waals surface area contributed by atoms with Gasteiger partial charge in [-0.05, 0) is 63.6 Å². The maximum Gasteiger partial charge on any atom is 0.317 e. The normalized spacial score (nSPS) is 11.8. The minimum Gasteiger partial charge on any atom is -0.408 e. The molecule has 0 saturated carbocycles. The predicted molar refractivity (Wildman–Crippen MR) is 147 cm³/mol. The monoisotopic (exact) mass is 484 g/mol. The first-order chi connectivity index (χ1) is 17.2. The highest BCUT2D eigenvalue weighted by molar-refractivity contribution is 5.93. The number of nitrogens with zero attached hydrogens (tertiary/aromatic N) is 2. The second kappa shape index (κ2) is 10.7. The van der Waals surface area contributed by atoms with Gasteiger partial charge in [0.05, 0.1) is 22.0 Å². The Morgan fingerprint density at radius 3 is 2.44 bits per heavy atom. The molecule has 0 unspecified atom stereocenters. The van der Waals surface area contributed by atoms with Crippen LogP contribution in [0.5, 0.6) is 5.88 Å². The Kier molecular flexibility index (Phi) is 7.58. The van der Waals surface area contributed by atoms with Crippen molar-refractivity contribution in [3.05, 3.63) is 76.2 Å². The van der Waals surface area contributed by atoms with Crippen LogP contribution in [-0.2, 0) is 11.2 Å². The first kappa shape index (κ1) is 25.6. The number of carbonyl (C=O) groups excluding carboxylic acids is 1. The van der Waals surface area contributed by atoms with E-state index in [4.69, 9.17) is 4.74 Å². The van der Waals surface area contributed by atoms with Crippen molar-refractivity contribution in [2.45, 2.75) is 73.1 Å². The number of esters is 1. The number of para-hydroxylation sites is 1. The largest absolute Gasteiger partial charge is 0.408 e. The van der Waals surface area contributed by atoms with Crippen molar-refractivity contribution >= 4 is 27.6 Å². The molecule has 0 bridgehead atoms. The van der Waals surface area contributed by atoms with E-state index in [-0.39, 0.29) is 11.5 Å². The number of carbonyl (C=O) groups is 1. The van der Waals surface area contributed by atoms with E-state index in [1.54, 1.807) is 10.8 Å². The highest BCUT2D eigenvalue weighted by Gasteiger charge is 2.29. The Balaban J connectivity index is 2.04. The number of benzene rings is 2. The number of rotatable bonds is 8. The van der Waals surface area contributed by atoms with Gasteiger partial charge in [0.25, 0.3) is 5.56 Å². The number of unbranched alkanes of at least 4 members (excludes halogenated alkanes) is 4. The summed E-state index contributed by atoms with van der Waals surface area (Å²) in [4.78, 5) is 32.0. The molecule has 4 rings (SSSR count). The van der Waals surface area contributed by atoms with E-state index >= 15 is 0 Å². The molecule has 0 saturated heterocycles. The molecule has 188 valence electrons. The molecular weight excluding hydrogens is 448 g/mol. The first-order valence-corrected chi connectivity index (χ1v) is 13.0. The predicted octanol–water partition coefficient (Wildman–Crippen LogP) is 7.31. The summed E-state index contributed by atoms with van der Waals surface area (Å²) in [6.07, 6.45) is 8.02. The van der Waals surface area contributed by atoms with Crippen LogP contribution in [0.3, 0.4) is 0 Å². The summed E-state index contributed by atoms with van der Waals surface area (Å²) in [5.41, 5.74) is 2.19. The molecule has 4 aromatic rings. The lowest BCUT2D eigenvalue weighted by Crippen LogP contribution is -2.30. The van der Waals surface area contributed by atoms with Crippen molar-refractivity contribution in [2.75, 3.05) is 0 Å². The van der Waals surface area contributed by atoms with Crippen LogP contribution in [0.15, 0.2) is 59.5 Å². The van der Waals surface area contributed by atoms with Crippen molar-refractivity contribution in [2.24, 2.45) is 5.41 Å². The molecule has 0 spiro atoms. The van der Waals surface area contributed by atoms with Gasteiger partial charge >= 0.3 is 5.97 Å². The lowest BCUT2D eigenvalue weighted by atomic mass is 9.96. The number of fused-ring (bicyclic) bond motifs is 2. The quantitative estimate of drug-likeness (QED) is 0.194. The van der Waals surface area contributed by atoms with Gasteiger partial charge in [-0.1, -0.05) is 69.0 Å². The van der Waals surface area contributed by atoms with Crippen molar-refractivity contribution in [3.8, 4) is 11.6 Å². The van der Waals surface area contributed by atoms with Gasteiger partial charge in [0.1, 0.15) is 0 Å². The van der Waals surface area contributed by atoms with Crippen LogP contribution in [0.1, 0.15) is 70.9 Å².